The van der Waals surface area contributed by atoms with E-state index in [0.717, 1.165) is 19.3 Å². The molecule has 0 fully saturated rings. The standard InChI is InChI=1S/C16H21N3/c1-12-7-8-16(17,9-13-10-18-19(2)11-13)15-6-4-3-5-14(12)15/h3-6,10-12H,7-9,17H2,1-2H3. The number of nitrogens with zero attached hydrogens (tertiary/aromatic N) is 2. The van der Waals surface area contributed by atoms with Crippen LogP contribution in [0.1, 0.15) is 42.4 Å². The Balaban J connectivity index is 1.98. The van der Waals surface area contributed by atoms with Gasteiger partial charge in [-0.3, -0.25) is 4.68 Å². The maximum absolute atomic E-state index is 6.74. The van der Waals surface area contributed by atoms with E-state index in [1.54, 1.807) is 0 Å². The molecule has 0 spiro atoms. The largest absolute Gasteiger partial charge is 0.321 e. The number of benzene rings is 1. The van der Waals surface area contributed by atoms with Crippen molar-refractivity contribution in [1.29, 1.82) is 0 Å². The first-order valence-corrected chi connectivity index (χ1v) is 6.94. The zero-order chi connectivity index (χ0) is 13.5. The molecule has 2 atom stereocenters. The molecule has 19 heavy (non-hydrogen) atoms. The zero-order valence-electron chi connectivity index (χ0n) is 11.6. The molecule has 3 nitrogen and oxygen atoms in total. The van der Waals surface area contributed by atoms with E-state index in [2.05, 4.69) is 42.5 Å². The van der Waals surface area contributed by atoms with Crippen LogP contribution in [-0.2, 0) is 19.0 Å². The van der Waals surface area contributed by atoms with Gasteiger partial charge in [-0.05, 0) is 41.9 Å². The number of hydrogen-bond donors (Lipinski definition) is 1. The molecule has 2 N–H and O–H groups in total. The summed E-state index contributed by atoms with van der Waals surface area (Å²) in [4.78, 5) is 0. The summed E-state index contributed by atoms with van der Waals surface area (Å²) >= 11 is 0. The fourth-order valence-corrected chi connectivity index (χ4v) is 3.26. The topological polar surface area (TPSA) is 43.8 Å². The Labute approximate surface area is 114 Å². The highest BCUT2D eigenvalue weighted by Crippen LogP contribution is 2.41. The Morgan fingerprint density at radius 1 is 1.42 bits per heavy atom. The Morgan fingerprint density at radius 2 is 2.21 bits per heavy atom. The summed E-state index contributed by atoms with van der Waals surface area (Å²) in [5.41, 5.74) is 10.4. The molecule has 0 bridgehead atoms. The molecule has 1 aliphatic carbocycles. The third-order valence-electron chi connectivity index (χ3n) is 4.33. The first-order valence-electron chi connectivity index (χ1n) is 6.94. The zero-order valence-corrected chi connectivity index (χ0v) is 11.6. The second-order valence-corrected chi connectivity index (χ2v) is 5.88. The number of rotatable bonds is 2. The van der Waals surface area contributed by atoms with Crippen LogP contribution in [0, 0.1) is 0 Å². The molecule has 1 aliphatic rings. The van der Waals surface area contributed by atoms with Crippen molar-refractivity contribution in [3.05, 3.63) is 53.3 Å². The van der Waals surface area contributed by atoms with Crippen molar-refractivity contribution in [3.63, 3.8) is 0 Å². The highest BCUT2D eigenvalue weighted by Gasteiger charge is 2.35. The second-order valence-electron chi connectivity index (χ2n) is 5.88. The van der Waals surface area contributed by atoms with Crippen molar-refractivity contribution in [2.75, 3.05) is 0 Å². The predicted molar refractivity (Wildman–Crippen MR) is 76.9 cm³/mol. The van der Waals surface area contributed by atoms with Gasteiger partial charge in [0.1, 0.15) is 0 Å². The van der Waals surface area contributed by atoms with Gasteiger partial charge in [0.25, 0.3) is 0 Å². The lowest BCUT2D eigenvalue weighted by molar-refractivity contribution is 0.349. The Morgan fingerprint density at radius 3 is 2.95 bits per heavy atom. The van der Waals surface area contributed by atoms with Gasteiger partial charge in [0.15, 0.2) is 0 Å². The van der Waals surface area contributed by atoms with Gasteiger partial charge in [-0.15, -0.1) is 0 Å². The minimum atomic E-state index is -0.244. The summed E-state index contributed by atoms with van der Waals surface area (Å²) in [6.45, 7) is 2.29. The van der Waals surface area contributed by atoms with E-state index in [1.165, 1.54) is 16.7 Å². The molecule has 3 rings (SSSR count). The lowest BCUT2D eigenvalue weighted by atomic mass is 9.71. The van der Waals surface area contributed by atoms with E-state index >= 15 is 0 Å². The average molecular weight is 255 g/mol. The number of aromatic nitrogens is 2. The Bertz CT molecular complexity index is 587. The number of fused-ring (bicyclic) bond motifs is 1. The molecule has 0 aliphatic heterocycles. The summed E-state index contributed by atoms with van der Waals surface area (Å²) in [6.07, 6.45) is 7.06. The minimum Gasteiger partial charge on any atom is -0.321 e. The molecule has 3 heteroatoms. The molecule has 1 aromatic carbocycles. The van der Waals surface area contributed by atoms with Crippen molar-refractivity contribution in [3.8, 4) is 0 Å². The lowest BCUT2D eigenvalue weighted by Gasteiger charge is -2.38. The van der Waals surface area contributed by atoms with Crippen LogP contribution >= 0.6 is 0 Å². The normalized spacial score (nSPS) is 26.2. The molecule has 2 aromatic rings. The smallest absolute Gasteiger partial charge is 0.0522 e. The first kappa shape index (κ1) is 12.4. The molecule has 0 saturated carbocycles. The number of aryl methyl sites for hydroxylation is 1. The monoisotopic (exact) mass is 255 g/mol. The predicted octanol–water partition coefficient (Wildman–Crippen LogP) is 2.71. The lowest BCUT2D eigenvalue weighted by Crippen LogP contribution is -2.42. The van der Waals surface area contributed by atoms with Crippen LogP contribution in [0.3, 0.4) is 0 Å². The SMILES string of the molecule is CC1CCC(N)(Cc2cnn(C)c2)c2ccccc21. The summed E-state index contributed by atoms with van der Waals surface area (Å²) in [6, 6.07) is 8.64. The number of nitrogens with two attached hydrogens (primary N) is 1. The van der Waals surface area contributed by atoms with E-state index in [4.69, 9.17) is 5.73 Å². The van der Waals surface area contributed by atoms with Gasteiger partial charge >= 0.3 is 0 Å². The van der Waals surface area contributed by atoms with Crippen molar-refractivity contribution in [1.82, 2.24) is 9.78 Å². The third kappa shape index (κ3) is 2.19. The molecule has 2 unspecified atom stereocenters. The van der Waals surface area contributed by atoms with E-state index in [-0.39, 0.29) is 5.54 Å². The van der Waals surface area contributed by atoms with Crippen LogP contribution in [0.5, 0.6) is 0 Å². The molecule has 1 heterocycles. The van der Waals surface area contributed by atoms with Crippen molar-refractivity contribution >= 4 is 0 Å². The molecular weight excluding hydrogens is 234 g/mol. The highest BCUT2D eigenvalue weighted by atomic mass is 15.2. The van der Waals surface area contributed by atoms with Crippen LogP contribution in [0.2, 0.25) is 0 Å². The van der Waals surface area contributed by atoms with Crippen LogP contribution in [0.25, 0.3) is 0 Å². The summed E-state index contributed by atoms with van der Waals surface area (Å²) in [7, 11) is 1.95. The molecule has 100 valence electrons. The van der Waals surface area contributed by atoms with Gasteiger partial charge in [0, 0.05) is 18.8 Å². The molecule has 0 radical (unpaired) electrons. The van der Waals surface area contributed by atoms with Crippen LogP contribution in [-0.4, -0.2) is 9.78 Å². The molecule has 0 saturated heterocycles. The van der Waals surface area contributed by atoms with Gasteiger partial charge in [0.2, 0.25) is 0 Å². The van der Waals surface area contributed by atoms with E-state index < -0.39 is 0 Å². The van der Waals surface area contributed by atoms with E-state index in [0.29, 0.717) is 5.92 Å². The first-order chi connectivity index (χ1) is 9.08. The second kappa shape index (κ2) is 4.49. The summed E-state index contributed by atoms with van der Waals surface area (Å²) in [5, 5.41) is 4.25. The average Bonchev–Trinajstić information content (AvgIpc) is 2.80. The highest BCUT2D eigenvalue weighted by molar-refractivity contribution is 5.39. The molecule has 0 amide bonds. The van der Waals surface area contributed by atoms with Gasteiger partial charge in [0.05, 0.1) is 6.20 Å². The van der Waals surface area contributed by atoms with E-state index in [9.17, 15) is 0 Å². The third-order valence-corrected chi connectivity index (χ3v) is 4.33. The Hall–Kier alpha value is -1.61. The summed E-state index contributed by atoms with van der Waals surface area (Å²) < 4.78 is 1.84. The molecule has 1 aromatic heterocycles. The summed E-state index contributed by atoms with van der Waals surface area (Å²) in [5.74, 6) is 0.613. The number of hydrogen-bond acceptors (Lipinski definition) is 2. The Kier molecular flexibility index (Phi) is 2.94. The van der Waals surface area contributed by atoms with Crippen molar-refractivity contribution < 1.29 is 0 Å². The van der Waals surface area contributed by atoms with Crippen molar-refractivity contribution in [2.24, 2.45) is 12.8 Å². The van der Waals surface area contributed by atoms with Gasteiger partial charge in [-0.2, -0.15) is 5.10 Å². The molecular formula is C16H21N3. The van der Waals surface area contributed by atoms with Gasteiger partial charge < -0.3 is 5.73 Å². The maximum Gasteiger partial charge on any atom is 0.0522 e. The van der Waals surface area contributed by atoms with Crippen LogP contribution in [0.4, 0.5) is 0 Å². The van der Waals surface area contributed by atoms with Crippen LogP contribution < -0.4 is 5.73 Å². The fraction of sp³-hybridized carbons (Fsp3) is 0.438. The maximum atomic E-state index is 6.74. The fourth-order valence-electron chi connectivity index (χ4n) is 3.26. The van der Waals surface area contributed by atoms with Gasteiger partial charge in [-0.25, -0.2) is 0 Å². The van der Waals surface area contributed by atoms with Crippen molar-refractivity contribution in [2.45, 2.75) is 37.6 Å². The van der Waals surface area contributed by atoms with Gasteiger partial charge in [-0.1, -0.05) is 31.2 Å². The van der Waals surface area contributed by atoms with Crippen LogP contribution in [0.15, 0.2) is 36.7 Å². The minimum absolute atomic E-state index is 0.244. The van der Waals surface area contributed by atoms with E-state index in [1.807, 2.05) is 17.9 Å². The quantitative estimate of drug-likeness (QED) is 0.896.